The van der Waals surface area contributed by atoms with E-state index in [-0.39, 0.29) is 11.8 Å². The number of hydrogen-bond acceptors (Lipinski definition) is 3. The van der Waals surface area contributed by atoms with Crippen LogP contribution in [0.4, 0.5) is 0 Å². The molecule has 2 unspecified atom stereocenters. The summed E-state index contributed by atoms with van der Waals surface area (Å²) < 4.78 is 5.68. The molecule has 2 aromatic carbocycles. The molecule has 2 atom stereocenters. The Labute approximate surface area is 154 Å². The maximum atomic E-state index is 12.6. The molecule has 25 heavy (non-hydrogen) atoms. The maximum absolute atomic E-state index is 12.6. The van der Waals surface area contributed by atoms with Gasteiger partial charge in [0.1, 0.15) is 0 Å². The Morgan fingerprint density at radius 3 is 2.72 bits per heavy atom. The molecule has 1 heterocycles. The summed E-state index contributed by atoms with van der Waals surface area (Å²) in [6.45, 7) is 3.63. The highest BCUT2D eigenvalue weighted by Gasteiger charge is 2.18. The summed E-state index contributed by atoms with van der Waals surface area (Å²) in [5.74, 6) is 1.19. The molecule has 0 aromatic heterocycles. The van der Waals surface area contributed by atoms with Crippen LogP contribution in [0.5, 0.6) is 0 Å². The predicted molar refractivity (Wildman–Crippen MR) is 103 cm³/mol. The fraction of sp³-hybridized carbons (Fsp3) is 0.381. The summed E-state index contributed by atoms with van der Waals surface area (Å²) in [6.07, 6.45) is 2.58. The van der Waals surface area contributed by atoms with Crippen molar-refractivity contribution in [2.75, 3.05) is 18.9 Å². The van der Waals surface area contributed by atoms with Crippen molar-refractivity contribution in [1.82, 2.24) is 5.32 Å². The smallest absolute Gasteiger partial charge is 0.252 e. The van der Waals surface area contributed by atoms with Crippen molar-refractivity contribution in [3.63, 3.8) is 0 Å². The fourth-order valence-corrected chi connectivity index (χ4v) is 4.10. The molecule has 0 spiro atoms. The Morgan fingerprint density at radius 2 is 1.96 bits per heavy atom. The number of amides is 1. The molecule has 3 nitrogen and oxygen atoms in total. The lowest BCUT2D eigenvalue weighted by Gasteiger charge is -2.15. The van der Waals surface area contributed by atoms with Crippen LogP contribution in [0.2, 0.25) is 0 Å². The van der Waals surface area contributed by atoms with Crippen molar-refractivity contribution < 1.29 is 9.53 Å². The molecule has 0 bridgehead atoms. The van der Waals surface area contributed by atoms with Crippen molar-refractivity contribution in [2.45, 2.75) is 36.7 Å². The molecular weight excluding hydrogens is 330 g/mol. The first-order valence-electron chi connectivity index (χ1n) is 8.90. The predicted octanol–water partition coefficient (Wildman–Crippen LogP) is 4.49. The maximum Gasteiger partial charge on any atom is 0.252 e. The number of hydrogen-bond donors (Lipinski definition) is 1. The van der Waals surface area contributed by atoms with Crippen LogP contribution in [0.1, 0.15) is 41.6 Å². The van der Waals surface area contributed by atoms with E-state index in [9.17, 15) is 4.79 Å². The van der Waals surface area contributed by atoms with Crippen molar-refractivity contribution in [3.8, 4) is 0 Å². The van der Waals surface area contributed by atoms with Gasteiger partial charge in [-0.1, -0.05) is 49.4 Å². The van der Waals surface area contributed by atoms with E-state index in [1.54, 1.807) is 11.8 Å². The first kappa shape index (κ1) is 18.0. The van der Waals surface area contributed by atoms with Crippen molar-refractivity contribution in [3.05, 3.63) is 65.7 Å². The van der Waals surface area contributed by atoms with Gasteiger partial charge < -0.3 is 10.1 Å². The Kier molecular flexibility index (Phi) is 6.54. The minimum atomic E-state index is -0.00165. The van der Waals surface area contributed by atoms with Crippen LogP contribution in [-0.4, -0.2) is 30.9 Å². The lowest BCUT2D eigenvalue weighted by Crippen LogP contribution is -2.28. The number of nitrogens with one attached hydrogen (secondary N) is 1. The molecular formula is C21H25NO2S. The summed E-state index contributed by atoms with van der Waals surface area (Å²) in [5, 5.41) is 3.08. The quantitative estimate of drug-likeness (QED) is 0.744. The standard InChI is InChI=1S/C21H25NO2S/c1-16(17-8-3-2-4-9-17)14-22-21(23)19-11-5-6-12-20(19)25-15-18-10-7-13-24-18/h2-6,8-9,11-12,16,18H,7,10,13-15H2,1H3,(H,22,23). The molecule has 1 aliphatic rings. The van der Waals surface area contributed by atoms with Crippen LogP contribution in [0, 0.1) is 0 Å². The summed E-state index contributed by atoms with van der Waals surface area (Å²) in [6, 6.07) is 18.1. The van der Waals surface area contributed by atoms with Gasteiger partial charge in [-0.15, -0.1) is 11.8 Å². The Hall–Kier alpha value is -1.78. The van der Waals surface area contributed by atoms with Crippen LogP contribution >= 0.6 is 11.8 Å². The largest absolute Gasteiger partial charge is 0.377 e. The van der Waals surface area contributed by atoms with Gasteiger partial charge in [-0.3, -0.25) is 4.79 Å². The summed E-state index contributed by atoms with van der Waals surface area (Å²) in [7, 11) is 0. The molecule has 3 rings (SSSR count). The zero-order chi connectivity index (χ0) is 17.5. The van der Waals surface area contributed by atoms with E-state index >= 15 is 0 Å². The van der Waals surface area contributed by atoms with Crippen LogP contribution < -0.4 is 5.32 Å². The number of carbonyl (C=O) groups excluding carboxylic acids is 1. The van der Waals surface area contributed by atoms with Gasteiger partial charge in [0.2, 0.25) is 0 Å². The molecule has 2 aromatic rings. The molecule has 1 saturated heterocycles. The summed E-state index contributed by atoms with van der Waals surface area (Å²) >= 11 is 1.72. The average molecular weight is 356 g/mol. The molecule has 0 radical (unpaired) electrons. The Bertz CT molecular complexity index is 683. The third-order valence-electron chi connectivity index (χ3n) is 4.52. The SMILES string of the molecule is CC(CNC(=O)c1ccccc1SCC1CCCO1)c1ccccc1. The molecule has 1 N–H and O–H groups in total. The van der Waals surface area contributed by atoms with Crippen molar-refractivity contribution >= 4 is 17.7 Å². The lowest BCUT2D eigenvalue weighted by atomic mass is 10.0. The topological polar surface area (TPSA) is 38.3 Å². The van der Waals surface area contributed by atoms with E-state index < -0.39 is 0 Å². The van der Waals surface area contributed by atoms with Crippen LogP contribution in [0.15, 0.2) is 59.5 Å². The van der Waals surface area contributed by atoms with E-state index in [0.717, 1.165) is 35.7 Å². The van der Waals surface area contributed by atoms with Crippen LogP contribution in [0.3, 0.4) is 0 Å². The first-order chi connectivity index (χ1) is 12.2. The van der Waals surface area contributed by atoms with Gasteiger partial charge in [0.05, 0.1) is 11.7 Å². The van der Waals surface area contributed by atoms with Gasteiger partial charge in [0, 0.05) is 23.8 Å². The molecule has 0 aliphatic carbocycles. The second kappa shape index (κ2) is 9.07. The highest BCUT2D eigenvalue weighted by atomic mass is 32.2. The van der Waals surface area contributed by atoms with E-state index in [2.05, 4.69) is 24.4 Å². The summed E-state index contributed by atoms with van der Waals surface area (Å²) in [5.41, 5.74) is 2.00. The Balaban J connectivity index is 1.57. The van der Waals surface area contributed by atoms with E-state index in [0.29, 0.717) is 12.6 Å². The fourth-order valence-electron chi connectivity index (χ4n) is 2.98. The zero-order valence-corrected chi connectivity index (χ0v) is 15.4. The number of benzene rings is 2. The zero-order valence-electron chi connectivity index (χ0n) is 14.6. The van der Waals surface area contributed by atoms with E-state index in [1.807, 2.05) is 42.5 Å². The van der Waals surface area contributed by atoms with Crippen LogP contribution in [0.25, 0.3) is 0 Å². The first-order valence-corrected chi connectivity index (χ1v) is 9.89. The third-order valence-corrected chi connectivity index (χ3v) is 5.72. The normalized spacial score (nSPS) is 18.0. The number of carbonyl (C=O) groups is 1. The molecule has 1 amide bonds. The molecule has 0 saturated carbocycles. The molecule has 4 heteroatoms. The third kappa shape index (κ3) is 5.10. The highest BCUT2D eigenvalue weighted by molar-refractivity contribution is 7.99. The minimum Gasteiger partial charge on any atom is -0.377 e. The Morgan fingerprint density at radius 1 is 1.20 bits per heavy atom. The number of ether oxygens (including phenoxy) is 1. The van der Waals surface area contributed by atoms with E-state index in [4.69, 9.17) is 4.74 Å². The van der Waals surface area contributed by atoms with Gasteiger partial charge in [0.15, 0.2) is 0 Å². The van der Waals surface area contributed by atoms with Gasteiger partial charge in [-0.05, 0) is 36.5 Å². The average Bonchev–Trinajstić information content (AvgIpc) is 3.18. The molecule has 1 fully saturated rings. The second-order valence-corrected chi connectivity index (χ2v) is 7.53. The van der Waals surface area contributed by atoms with Gasteiger partial charge in [0.25, 0.3) is 5.91 Å². The van der Waals surface area contributed by atoms with Crippen molar-refractivity contribution in [2.24, 2.45) is 0 Å². The number of thioether (sulfide) groups is 1. The highest BCUT2D eigenvalue weighted by Crippen LogP contribution is 2.27. The molecule has 132 valence electrons. The summed E-state index contributed by atoms with van der Waals surface area (Å²) in [4.78, 5) is 13.7. The van der Waals surface area contributed by atoms with Crippen LogP contribution in [-0.2, 0) is 4.74 Å². The van der Waals surface area contributed by atoms with Crippen molar-refractivity contribution in [1.29, 1.82) is 0 Å². The van der Waals surface area contributed by atoms with Gasteiger partial charge in [-0.25, -0.2) is 0 Å². The number of rotatable bonds is 7. The monoisotopic (exact) mass is 355 g/mol. The van der Waals surface area contributed by atoms with Gasteiger partial charge >= 0.3 is 0 Å². The minimum absolute atomic E-state index is 0.00165. The second-order valence-electron chi connectivity index (χ2n) is 6.46. The van der Waals surface area contributed by atoms with E-state index in [1.165, 1.54) is 5.56 Å². The molecule has 1 aliphatic heterocycles. The lowest BCUT2D eigenvalue weighted by molar-refractivity contribution is 0.0948. The van der Waals surface area contributed by atoms with Gasteiger partial charge in [-0.2, -0.15) is 0 Å².